The molecule has 0 bridgehead atoms. The Kier molecular flexibility index (Phi) is 3.95. The molecule has 6 heteroatoms. The standard InChI is InChI=1S/C14H23N3O2S/c1-14(11-2-3-11)13(19)17(10-12(18)15-14)5-4-16-6-8-20-9-7-16/h11H,2-10H2,1H3,(H,15,18). The van der Waals surface area contributed by atoms with Gasteiger partial charge in [0.15, 0.2) is 0 Å². The van der Waals surface area contributed by atoms with Crippen LogP contribution in [0.2, 0.25) is 0 Å². The van der Waals surface area contributed by atoms with E-state index in [-0.39, 0.29) is 18.4 Å². The lowest BCUT2D eigenvalue weighted by Gasteiger charge is -2.41. The molecule has 2 heterocycles. The summed E-state index contributed by atoms with van der Waals surface area (Å²) < 4.78 is 0. The van der Waals surface area contributed by atoms with Crippen LogP contribution in [0.4, 0.5) is 0 Å². The van der Waals surface area contributed by atoms with Gasteiger partial charge in [-0.1, -0.05) is 0 Å². The second-order valence-electron chi connectivity index (χ2n) is 6.21. The van der Waals surface area contributed by atoms with Crippen LogP contribution in [0, 0.1) is 5.92 Å². The average Bonchev–Trinajstić information content (AvgIpc) is 3.27. The summed E-state index contributed by atoms with van der Waals surface area (Å²) in [4.78, 5) is 28.7. The molecule has 3 fully saturated rings. The smallest absolute Gasteiger partial charge is 0.248 e. The molecule has 112 valence electrons. The Morgan fingerprint density at radius 1 is 1.25 bits per heavy atom. The molecule has 3 aliphatic rings. The van der Waals surface area contributed by atoms with Crippen LogP contribution in [0.3, 0.4) is 0 Å². The summed E-state index contributed by atoms with van der Waals surface area (Å²) in [6.45, 7) is 5.88. The minimum atomic E-state index is -0.646. The third-order valence-electron chi connectivity index (χ3n) is 4.65. The van der Waals surface area contributed by atoms with E-state index in [1.165, 1.54) is 11.5 Å². The molecule has 1 unspecified atom stereocenters. The molecule has 0 aromatic rings. The van der Waals surface area contributed by atoms with Gasteiger partial charge in [0, 0.05) is 37.7 Å². The van der Waals surface area contributed by atoms with Gasteiger partial charge >= 0.3 is 0 Å². The highest BCUT2D eigenvalue weighted by atomic mass is 32.2. The largest absolute Gasteiger partial charge is 0.340 e. The zero-order valence-electron chi connectivity index (χ0n) is 12.1. The summed E-state index contributed by atoms with van der Waals surface area (Å²) in [5.41, 5.74) is -0.646. The minimum Gasteiger partial charge on any atom is -0.340 e. The van der Waals surface area contributed by atoms with Gasteiger partial charge in [0.2, 0.25) is 11.8 Å². The van der Waals surface area contributed by atoms with Gasteiger partial charge in [0.25, 0.3) is 0 Å². The number of nitrogens with one attached hydrogen (secondary N) is 1. The maximum atomic E-state index is 12.6. The lowest BCUT2D eigenvalue weighted by molar-refractivity contribution is -0.150. The molecule has 1 atom stereocenters. The van der Waals surface area contributed by atoms with E-state index >= 15 is 0 Å². The summed E-state index contributed by atoms with van der Waals surface area (Å²) >= 11 is 1.99. The number of hydrogen-bond acceptors (Lipinski definition) is 4. The number of nitrogens with zero attached hydrogens (tertiary/aromatic N) is 2. The maximum Gasteiger partial charge on any atom is 0.248 e. The number of carbonyl (C=O) groups is 2. The molecule has 0 spiro atoms. The second kappa shape index (κ2) is 5.56. The molecule has 1 N–H and O–H groups in total. The van der Waals surface area contributed by atoms with Crippen LogP contribution in [-0.2, 0) is 9.59 Å². The monoisotopic (exact) mass is 297 g/mol. The van der Waals surface area contributed by atoms with Crippen LogP contribution >= 0.6 is 11.8 Å². The third-order valence-corrected chi connectivity index (χ3v) is 5.59. The lowest BCUT2D eigenvalue weighted by atomic mass is 9.91. The molecule has 5 nitrogen and oxygen atoms in total. The summed E-state index contributed by atoms with van der Waals surface area (Å²) in [6.07, 6.45) is 2.11. The molecule has 1 aliphatic carbocycles. The first-order chi connectivity index (χ1) is 9.59. The molecule has 2 amide bonds. The molecular formula is C14H23N3O2S. The van der Waals surface area contributed by atoms with Crippen molar-refractivity contribution in [1.82, 2.24) is 15.1 Å². The van der Waals surface area contributed by atoms with E-state index < -0.39 is 5.54 Å². The van der Waals surface area contributed by atoms with E-state index in [1.54, 1.807) is 4.90 Å². The Balaban J connectivity index is 1.59. The van der Waals surface area contributed by atoms with E-state index in [0.29, 0.717) is 12.5 Å². The maximum absolute atomic E-state index is 12.6. The number of thioether (sulfide) groups is 1. The topological polar surface area (TPSA) is 52.7 Å². The Morgan fingerprint density at radius 3 is 2.60 bits per heavy atom. The Bertz CT molecular complexity index is 407. The van der Waals surface area contributed by atoms with Gasteiger partial charge in [0.1, 0.15) is 5.54 Å². The SMILES string of the molecule is CC1(C2CC2)NC(=O)CN(CCN2CCSCC2)C1=O. The first kappa shape index (κ1) is 14.2. The van der Waals surface area contributed by atoms with Gasteiger partial charge in [0.05, 0.1) is 6.54 Å². The fourth-order valence-corrected chi connectivity index (χ4v) is 4.14. The molecule has 0 aromatic heterocycles. The van der Waals surface area contributed by atoms with E-state index in [0.717, 1.165) is 32.5 Å². The fourth-order valence-electron chi connectivity index (χ4n) is 3.16. The third kappa shape index (κ3) is 2.81. The van der Waals surface area contributed by atoms with Gasteiger partial charge < -0.3 is 10.2 Å². The number of piperazine rings is 1. The number of amides is 2. The molecule has 0 radical (unpaired) electrons. The van der Waals surface area contributed by atoms with Crippen LogP contribution in [0.25, 0.3) is 0 Å². The molecule has 2 aliphatic heterocycles. The van der Waals surface area contributed by atoms with Gasteiger partial charge in [-0.3, -0.25) is 14.5 Å². The number of hydrogen-bond donors (Lipinski definition) is 1. The van der Waals surface area contributed by atoms with Crippen molar-refractivity contribution in [3.63, 3.8) is 0 Å². The van der Waals surface area contributed by atoms with Crippen LogP contribution < -0.4 is 5.32 Å². The van der Waals surface area contributed by atoms with Crippen molar-refractivity contribution in [3.8, 4) is 0 Å². The quantitative estimate of drug-likeness (QED) is 0.803. The molecular weight excluding hydrogens is 274 g/mol. The summed E-state index contributed by atoms with van der Waals surface area (Å²) in [7, 11) is 0. The predicted octanol–water partition coefficient (Wildman–Crippen LogP) is 0.162. The lowest BCUT2D eigenvalue weighted by Crippen LogP contribution is -2.67. The highest BCUT2D eigenvalue weighted by Crippen LogP contribution is 2.41. The van der Waals surface area contributed by atoms with E-state index in [2.05, 4.69) is 10.2 Å². The van der Waals surface area contributed by atoms with Gasteiger partial charge in [-0.15, -0.1) is 0 Å². The summed E-state index contributed by atoms with van der Waals surface area (Å²) in [5.74, 6) is 2.80. The summed E-state index contributed by atoms with van der Waals surface area (Å²) in [5, 5.41) is 2.93. The van der Waals surface area contributed by atoms with Crippen molar-refractivity contribution in [3.05, 3.63) is 0 Å². The van der Waals surface area contributed by atoms with Crippen molar-refractivity contribution in [2.75, 3.05) is 44.2 Å². The Morgan fingerprint density at radius 2 is 1.95 bits per heavy atom. The Labute approximate surface area is 124 Å². The Hall–Kier alpha value is -0.750. The van der Waals surface area contributed by atoms with Crippen LogP contribution in [-0.4, -0.2) is 71.4 Å². The van der Waals surface area contributed by atoms with Crippen LogP contribution in [0.1, 0.15) is 19.8 Å². The summed E-state index contributed by atoms with van der Waals surface area (Å²) in [6, 6.07) is 0. The zero-order chi connectivity index (χ0) is 14.2. The molecule has 20 heavy (non-hydrogen) atoms. The fraction of sp³-hybridized carbons (Fsp3) is 0.857. The van der Waals surface area contributed by atoms with Crippen LogP contribution in [0.15, 0.2) is 0 Å². The van der Waals surface area contributed by atoms with Crippen molar-refractivity contribution in [1.29, 1.82) is 0 Å². The van der Waals surface area contributed by atoms with Crippen LogP contribution in [0.5, 0.6) is 0 Å². The highest BCUT2D eigenvalue weighted by Gasteiger charge is 2.52. The number of rotatable bonds is 4. The second-order valence-corrected chi connectivity index (χ2v) is 7.43. The van der Waals surface area contributed by atoms with Crippen molar-refractivity contribution >= 4 is 23.6 Å². The number of carbonyl (C=O) groups excluding carboxylic acids is 2. The first-order valence-corrected chi connectivity index (χ1v) is 8.65. The average molecular weight is 297 g/mol. The van der Waals surface area contributed by atoms with Crippen molar-refractivity contribution in [2.24, 2.45) is 5.92 Å². The molecule has 2 saturated heterocycles. The van der Waals surface area contributed by atoms with E-state index in [1.807, 2.05) is 18.7 Å². The van der Waals surface area contributed by atoms with Gasteiger partial charge in [-0.25, -0.2) is 0 Å². The molecule has 1 saturated carbocycles. The van der Waals surface area contributed by atoms with E-state index in [4.69, 9.17) is 0 Å². The van der Waals surface area contributed by atoms with Gasteiger partial charge in [-0.05, 0) is 25.7 Å². The normalized spacial score (nSPS) is 32.4. The molecule has 0 aromatic carbocycles. The van der Waals surface area contributed by atoms with Crippen molar-refractivity contribution in [2.45, 2.75) is 25.3 Å². The zero-order valence-corrected chi connectivity index (χ0v) is 12.9. The van der Waals surface area contributed by atoms with E-state index in [9.17, 15) is 9.59 Å². The minimum absolute atomic E-state index is 0.00630. The first-order valence-electron chi connectivity index (χ1n) is 7.50. The predicted molar refractivity (Wildman–Crippen MR) is 79.6 cm³/mol. The molecule has 3 rings (SSSR count). The highest BCUT2D eigenvalue weighted by molar-refractivity contribution is 7.99. The van der Waals surface area contributed by atoms with Crippen molar-refractivity contribution < 1.29 is 9.59 Å². The van der Waals surface area contributed by atoms with Gasteiger partial charge in [-0.2, -0.15) is 11.8 Å².